The van der Waals surface area contributed by atoms with Gasteiger partial charge in [0.05, 0.1) is 11.5 Å². The summed E-state index contributed by atoms with van der Waals surface area (Å²) in [5, 5.41) is 12.9. The number of halogens is 1. The molecule has 0 spiro atoms. The molecule has 0 heterocycles. The molecule has 0 saturated heterocycles. The van der Waals surface area contributed by atoms with Crippen LogP contribution < -0.4 is 5.32 Å². The van der Waals surface area contributed by atoms with Crippen molar-refractivity contribution < 1.29 is 33.2 Å². The van der Waals surface area contributed by atoms with E-state index in [9.17, 15) is 28.9 Å². The van der Waals surface area contributed by atoms with Crippen molar-refractivity contribution in [1.29, 1.82) is 0 Å². The SMILES string of the molecule is CCOC(=O)C(NC(=O)OC(C)(C)C)C(=O)c1ccc(F)c([N+](=O)[O-])c1. The molecule has 0 aliphatic heterocycles. The first-order valence-corrected chi connectivity index (χ1v) is 7.60. The van der Waals surface area contributed by atoms with Crippen LogP contribution in [0.2, 0.25) is 0 Å². The van der Waals surface area contributed by atoms with Gasteiger partial charge in [0.15, 0.2) is 11.8 Å². The van der Waals surface area contributed by atoms with Gasteiger partial charge in [-0.25, -0.2) is 9.59 Å². The fourth-order valence-corrected chi connectivity index (χ4v) is 1.86. The van der Waals surface area contributed by atoms with Gasteiger partial charge in [0.25, 0.3) is 0 Å². The van der Waals surface area contributed by atoms with E-state index in [-0.39, 0.29) is 12.2 Å². The topological polar surface area (TPSA) is 125 Å². The lowest BCUT2D eigenvalue weighted by molar-refractivity contribution is -0.387. The third kappa shape index (κ3) is 5.80. The zero-order chi connectivity index (χ0) is 20.1. The smallest absolute Gasteiger partial charge is 0.408 e. The fourth-order valence-electron chi connectivity index (χ4n) is 1.86. The minimum atomic E-state index is -1.80. The highest BCUT2D eigenvalue weighted by atomic mass is 19.1. The number of amides is 1. The number of benzene rings is 1. The molecule has 26 heavy (non-hydrogen) atoms. The van der Waals surface area contributed by atoms with Crippen LogP contribution in [0.25, 0.3) is 0 Å². The van der Waals surface area contributed by atoms with Crippen molar-refractivity contribution in [3.8, 4) is 0 Å². The molecule has 0 radical (unpaired) electrons. The molecule has 0 aliphatic carbocycles. The molecule has 1 amide bonds. The molecular formula is C16H19FN2O7. The third-order valence-corrected chi connectivity index (χ3v) is 2.87. The summed E-state index contributed by atoms with van der Waals surface area (Å²) in [4.78, 5) is 46.2. The number of nitrogens with zero attached hydrogens (tertiary/aromatic N) is 1. The molecule has 0 bridgehead atoms. The zero-order valence-electron chi connectivity index (χ0n) is 14.7. The van der Waals surface area contributed by atoms with E-state index in [1.54, 1.807) is 20.8 Å². The number of nitro groups is 1. The van der Waals surface area contributed by atoms with E-state index in [2.05, 4.69) is 5.32 Å². The number of alkyl carbamates (subject to hydrolysis) is 1. The number of nitro benzene ring substituents is 1. The number of Topliss-reactive ketones (excluding diaryl/α,β-unsaturated/α-hetero) is 1. The number of ether oxygens (including phenoxy) is 2. The first kappa shape index (κ1) is 21.0. The van der Waals surface area contributed by atoms with Crippen LogP contribution in [0.5, 0.6) is 0 Å². The van der Waals surface area contributed by atoms with Crippen LogP contribution in [-0.4, -0.2) is 41.0 Å². The Morgan fingerprint density at radius 3 is 2.42 bits per heavy atom. The van der Waals surface area contributed by atoms with Gasteiger partial charge in [-0.2, -0.15) is 4.39 Å². The van der Waals surface area contributed by atoms with Crippen LogP contribution in [0.4, 0.5) is 14.9 Å². The highest BCUT2D eigenvalue weighted by molar-refractivity contribution is 6.13. The highest BCUT2D eigenvalue weighted by Crippen LogP contribution is 2.20. The van der Waals surface area contributed by atoms with Gasteiger partial charge in [0, 0.05) is 11.6 Å². The maximum absolute atomic E-state index is 13.4. The number of rotatable bonds is 6. The van der Waals surface area contributed by atoms with Crippen molar-refractivity contribution in [2.24, 2.45) is 0 Å². The fraction of sp³-hybridized carbons (Fsp3) is 0.438. The van der Waals surface area contributed by atoms with E-state index in [0.717, 1.165) is 12.1 Å². The Balaban J connectivity index is 3.16. The molecule has 0 aromatic heterocycles. The summed E-state index contributed by atoms with van der Waals surface area (Å²) in [6.07, 6.45) is -1.06. The molecule has 142 valence electrons. The van der Waals surface area contributed by atoms with E-state index < -0.39 is 45.9 Å². The molecule has 9 nitrogen and oxygen atoms in total. The van der Waals surface area contributed by atoms with Crippen LogP contribution in [0, 0.1) is 15.9 Å². The second-order valence-corrected chi connectivity index (χ2v) is 6.12. The number of carbonyl (C=O) groups is 3. The van der Waals surface area contributed by atoms with Crippen LogP contribution in [0.1, 0.15) is 38.1 Å². The number of carbonyl (C=O) groups excluding carboxylic acids is 3. The van der Waals surface area contributed by atoms with Gasteiger partial charge in [-0.15, -0.1) is 0 Å². The van der Waals surface area contributed by atoms with Crippen LogP contribution in [0.3, 0.4) is 0 Å². The second kappa shape index (κ2) is 8.37. The van der Waals surface area contributed by atoms with Crippen molar-refractivity contribution in [3.05, 3.63) is 39.7 Å². The van der Waals surface area contributed by atoms with Gasteiger partial charge < -0.3 is 14.8 Å². The van der Waals surface area contributed by atoms with Gasteiger partial charge in [0.2, 0.25) is 5.82 Å². The molecule has 1 unspecified atom stereocenters. The predicted octanol–water partition coefficient (Wildman–Crippen LogP) is 2.37. The molecule has 10 heteroatoms. The monoisotopic (exact) mass is 370 g/mol. The number of ketones is 1. The summed E-state index contributed by atoms with van der Waals surface area (Å²) in [6, 6.07) is 0.574. The average Bonchev–Trinajstić information content (AvgIpc) is 2.50. The van der Waals surface area contributed by atoms with Crippen molar-refractivity contribution in [1.82, 2.24) is 5.32 Å². The van der Waals surface area contributed by atoms with Crippen molar-refractivity contribution >= 4 is 23.5 Å². The molecule has 0 aliphatic rings. The van der Waals surface area contributed by atoms with Crippen molar-refractivity contribution in [3.63, 3.8) is 0 Å². The van der Waals surface area contributed by atoms with E-state index >= 15 is 0 Å². The van der Waals surface area contributed by atoms with Gasteiger partial charge in [-0.1, -0.05) is 0 Å². The van der Waals surface area contributed by atoms with Crippen molar-refractivity contribution in [2.45, 2.75) is 39.3 Å². The van der Waals surface area contributed by atoms with E-state index in [4.69, 9.17) is 9.47 Å². The maximum atomic E-state index is 13.4. The predicted molar refractivity (Wildman–Crippen MR) is 87.2 cm³/mol. The summed E-state index contributed by atoms with van der Waals surface area (Å²) < 4.78 is 23.2. The van der Waals surface area contributed by atoms with Gasteiger partial charge in [-0.05, 0) is 39.8 Å². The number of esters is 1. The Labute approximate surface area is 148 Å². The molecular weight excluding hydrogens is 351 g/mol. The third-order valence-electron chi connectivity index (χ3n) is 2.87. The Hall–Kier alpha value is -3.04. The summed E-state index contributed by atoms with van der Waals surface area (Å²) in [7, 11) is 0. The van der Waals surface area contributed by atoms with Gasteiger partial charge in [-0.3, -0.25) is 14.9 Å². The second-order valence-electron chi connectivity index (χ2n) is 6.12. The zero-order valence-corrected chi connectivity index (χ0v) is 14.7. The molecule has 1 N–H and O–H groups in total. The normalized spacial score (nSPS) is 12.0. The quantitative estimate of drug-likeness (QED) is 0.268. The lowest BCUT2D eigenvalue weighted by atomic mass is 10.0. The largest absolute Gasteiger partial charge is 0.464 e. The Kier molecular flexibility index (Phi) is 6.76. The lowest BCUT2D eigenvalue weighted by Gasteiger charge is -2.22. The summed E-state index contributed by atoms with van der Waals surface area (Å²) in [5.74, 6) is -3.22. The Morgan fingerprint density at radius 2 is 1.92 bits per heavy atom. The van der Waals surface area contributed by atoms with Gasteiger partial charge >= 0.3 is 17.7 Å². The highest BCUT2D eigenvalue weighted by Gasteiger charge is 2.33. The first-order chi connectivity index (χ1) is 12.0. The Bertz CT molecular complexity index is 728. The van der Waals surface area contributed by atoms with Gasteiger partial charge in [0.1, 0.15) is 5.60 Å². The molecule has 0 fully saturated rings. The summed E-state index contributed by atoms with van der Waals surface area (Å²) in [5.41, 5.74) is -2.16. The number of hydrogen-bond acceptors (Lipinski definition) is 7. The minimum Gasteiger partial charge on any atom is -0.464 e. The van der Waals surface area contributed by atoms with Crippen LogP contribution in [-0.2, 0) is 14.3 Å². The molecule has 1 aromatic rings. The summed E-state index contributed by atoms with van der Waals surface area (Å²) >= 11 is 0. The van der Waals surface area contributed by atoms with Crippen LogP contribution >= 0.6 is 0 Å². The average molecular weight is 370 g/mol. The molecule has 0 saturated carbocycles. The van der Waals surface area contributed by atoms with E-state index in [1.165, 1.54) is 6.92 Å². The van der Waals surface area contributed by atoms with E-state index in [1.807, 2.05) is 0 Å². The van der Waals surface area contributed by atoms with Crippen LogP contribution in [0.15, 0.2) is 18.2 Å². The maximum Gasteiger partial charge on any atom is 0.408 e. The minimum absolute atomic E-state index is 0.0673. The van der Waals surface area contributed by atoms with Crippen molar-refractivity contribution in [2.75, 3.05) is 6.61 Å². The lowest BCUT2D eigenvalue weighted by Crippen LogP contribution is -2.49. The number of nitrogens with one attached hydrogen (secondary N) is 1. The molecule has 1 rings (SSSR count). The number of hydrogen-bond donors (Lipinski definition) is 1. The van der Waals surface area contributed by atoms with E-state index in [0.29, 0.717) is 6.07 Å². The molecule has 1 aromatic carbocycles. The Morgan fingerprint density at radius 1 is 1.31 bits per heavy atom. The molecule has 1 atom stereocenters. The standard InChI is InChI=1S/C16H19FN2O7/c1-5-25-14(21)12(18-15(22)26-16(2,3)4)13(20)9-6-7-10(17)11(8-9)19(23)24/h6-8,12H,5H2,1-4H3,(H,18,22). The first-order valence-electron chi connectivity index (χ1n) is 7.60. The summed E-state index contributed by atoms with van der Waals surface area (Å²) in [6.45, 7) is 6.17.